The van der Waals surface area contributed by atoms with Gasteiger partial charge in [0.1, 0.15) is 5.75 Å². The third-order valence-electron chi connectivity index (χ3n) is 1.07. The van der Waals surface area contributed by atoms with Crippen LogP contribution in [-0.4, -0.2) is 22.6 Å². The molecule has 0 aromatic heterocycles. The predicted octanol–water partition coefficient (Wildman–Crippen LogP) is 0.930. The highest BCUT2D eigenvalue weighted by Gasteiger charge is 1.92. The van der Waals surface area contributed by atoms with E-state index >= 15 is 0 Å². The van der Waals surface area contributed by atoms with E-state index in [1.54, 1.807) is 6.07 Å². The zero-order valence-corrected chi connectivity index (χ0v) is 9.77. The summed E-state index contributed by atoms with van der Waals surface area (Å²) in [5, 5.41) is 8.80. The molecule has 0 bridgehead atoms. The molecule has 0 aliphatic carbocycles. The van der Waals surface area contributed by atoms with Crippen LogP contribution in [-0.2, 0) is 10.4 Å². The molecular formula is C8H16N2O5S. The Morgan fingerprint density at radius 3 is 1.69 bits per heavy atom. The van der Waals surface area contributed by atoms with Crippen molar-refractivity contribution in [2.75, 3.05) is 11.5 Å². The van der Waals surface area contributed by atoms with Crippen molar-refractivity contribution in [2.24, 2.45) is 0 Å². The van der Waals surface area contributed by atoms with Crippen molar-refractivity contribution in [1.29, 1.82) is 0 Å². The van der Waals surface area contributed by atoms with Crippen molar-refractivity contribution in [3.05, 3.63) is 18.2 Å². The highest BCUT2D eigenvalue weighted by molar-refractivity contribution is 7.79. The lowest BCUT2D eigenvalue weighted by Gasteiger charge is -1.97. The van der Waals surface area contributed by atoms with Crippen LogP contribution in [0.2, 0.25) is 0 Å². The van der Waals surface area contributed by atoms with Gasteiger partial charge in [-0.2, -0.15) is 8.42 Å². The highest BCUT2D eigenvalue weighted by atomic mass is 32.3. The van der Waals surface area contributed by atoms with Crippen LogP contribution >= 0.6 is 0 Å². The van der Waals surface area contributed by atoms with Crippen molar-refractivity contribution in [3.63, 3.8) is 0 Å². The Balaban J connectivity index is 0. The summed E-state index contributed by atoms with van der Waals surface area (Å²) in [5.74, 6) is 0.140. The first-order chi connectivity index (χ1) is 7.20. The molecular weight excluding hydrogens is 236 g/mol. The Hall–Kier alpha value is -1.51. The maximum Gasteiger partial charge on any atom is 0.394 e. The molecule has 0 unspecified atom stereocenters. The molecule has 0 heterocycles. The SMILES string of the molecule is CC.Nc1ccc(O)cc1N.O=S(=O)(O)O. The molecule has 0 amide bonds. The summed E-state index contributed by atoms with van der Waals surface area (Å²) in [7, 11) is -4.67. The van der Waals surface area contributed by atoms with Gasteiger partial charge in [-0.15, -0.1) is 0 Å². The lowest BCUT2D eigenvalue weighted by Crippen LogP contribution is -1.92. The monoisotopic (exact) mass is 252 g/mol. The van der Waals surface area contributed by atoms with E-state index in [2.05, 4.69) is 0 Å². The largest absolute Gasteiger partial charge is 0.508 e. The Labute approximate surface area is 94.3 Å². The number of nitrogens with two attached hydrogens (primary N) is 2. The molecule has 0 aliphatic rings. The van der Waals surface area contributed by atoms with Gasteiger partial charge >= 0.3 is 10.4 Å². The fourth-order valence-corrected chi connectivity index (χ4v) is 0.562. The first kappa shape index (κ1) is 16.9. The van der Waals surface area contributed by atoms with Crippen molar-refractivity contribution in [3.8, 4) is 5.75 Å². The fraction of sp³-hybridized carbons (Fsp3) is 0.250. The van der Waals surface area contributed by atoms with E-state index in [4.69, 9.17) is 34.1 Å². The normalized spacial score (nSPS) is 9.25. The molecule has 1 aromatic carbocycles. The molecule has 16 heavy (non-hydrogen) atoms. The number of anilines is 2. The summed E-state index contributed by atoms with van der Waals surface area (Å²) in [6.45, 7) is 4.00. The minimum absolute atomic E-state index is 0.140. The number of nitrogen functional groups attached to an aromatic ring is 2. The van der Waals surface area contributed by atoms with Gasteiger partial charge in [0.2, 0.25) is 0 Å². The quantitative estimate of drug-likeness (QED) is 0.262. The van der Waals surface area contributed by atoms with Crippen molar-refractivity contribution in [2.45, 2.75) is 13.8 Å². The van der Waals surface area contributed by atoms with Gasteiger partial charge in [-0.3, -0.25) is 9.11 Å². The second-order valence-electron chi connectivity index (χ2n) is 2.26. The Bertz CT molecular complexity index is 397. The molecule has 0 saturated carbocycles. The zero-order chi connectivity index (χ0) is 13.4. The highest BCUT2D eigenvalue weighted by Crippen LogP contribution is 2.19. The third kappa shape index (κ3) is 12.5. The number of phenolic OH excluding ortho intramolecular Hbond substituents is 1. The van der Waals surface area contributed by atoms with Crippen LogP contribution < -0.4 is 11.5 Å². The van der Waals surface area contributed by atoms with Crippen LogP contribution in [0.4, 0.5) is 11.4 Å². The van der Waals surface area contributed by atoms with Crippen LogP contribution in [0, 0.1) is 0 Å². The summed E-state index contributed by atoms with van der Waals surface area (Å²) in [4.78, 5) is 0. The smallest absolute Gasteiger partial charge is 0.394 e. The maximum absolute atomic E-state index is 8.80. The van der Waals surface area contributed by atoms with Gasteiger partial charge in [0, 0.05) is 6.07 Å². The Morgan fingerprint density at radius 2 is 1.44 bits per heavy atom. The summed E-state index contributed by atoms with van der Waals surface area (Å²) < 4.78 is 31.6. The van der Waals surface area contributed by atoms with Gasteiger partial charge in [-0.05, 0) is 12.1 Å². The fourth-order valence-electron chi connectivity index (χ4n) is 0.562. The lowest BCUT2D eigenvalue weighted by molar-refractivity contribution is 0.381. The van der Waals surface area contributed by atoms with E-state index < -0.39 is 10.4 Å². The second kappa shape index (κ2) is 7.74. The molecule has 0 fully saturated rings. The Kier molecular flexibility index (Phi) is 8.18. The van der Waals surface area contributed by atoms with E-state index in [1.807, 2.05) is 13.8 Å². The van der Waals surface area contributed by atoms with E-state index in [0.29, 0.717) is 11.4 Å². The van der Waals surface area contributed by atoms with Crippen molar-refractivity contribution >= 4 is 21.8 Å². The van der Waals surface area contributed by atoms with Crippen LogP contribution in [0.25, 0.3) is 0 Å². The molecule has 0 saturated heterocycles. The predicted molar refractivity (Wildman–Crippen MR) is 62.5 cm³/mol. The number of benzene rings is 1. The lowest BCUT2D eigenvalue weighted by atomic mass is 10.3. The van der Waals surface area contributed by atoms with Crippen molar-refractivity contribution in [1.82, 2.24) is 0 Å². The summed E-state index contributed by atoms with van der Waals surface area (Å²) in [6, 6.07) is 4.46. The van der Waals surface area contributed by atoms with Gasteiger partial charge in [0.05, 0.1) is 11.4 Å². The molecule has 7 N–H and O–H groups in total. The first-order valence-electron chi connectivity index (χ1n) is 4.24. The van der Waals surface area contributed by atoms with Gasteiger partial charge in [-0.1, -0.05) is 13.8 Å². The molecule has 1 rings (SSSR count). The minimum atomic E-state index is -4.67. The average molecular weight is 252 g/mol. The van der Waals surface area contributed by atoms with E-state index in [0.717, 1.165) is 0 Å². The molecule has 7 nitrogen and oxygen atoms in total. The number of hydrogen-bond donors (Lipinski definition) is 5. The minimum Gasteiger partial charge on any atom is -0.508 e. The van der Waals surface area contributed by atoms with Crippen molar-refractivity contribution < 1.29 is 22.6 Å². The van der Waals surface area contributed by atoms with Crippen LogP contribution in [0.15, 0.2) is 18.2 Å². The molecule has 1 aromatic rings. The zero-order valence-electron chi connectivity index (χ0n) is 8.95. The van der Waals surface area contributed by atoms with Crippen LogP contribution in [0.3, 0.4) is 0 Å². The molecule has 94 valence electrons. The average Bonchev–Trinajstić information content (AvgIpc) is 2.13. The standard InChI is InChI=1S/C6H8N2O.C2H6.H2O4S/c7-5-2-1-4(9)3-6(5)8;1-2;1-5(2,3)4/h1-3,9H,7-8H2;1-2H3;(H2,1,2,3,4). The summed E-state index contributed by atoms with van der Waals surface area (Å²) in [5.41, 5.74) is 11.6. The summed E-state index contributed by atoms with van der Waals surface area (Å²) in [6.07, 6.45) is 0. The molecule has 0 atom stereocenters. The third-order valence-corrected chi connectivity index (χ3v) is 1.07. The number of rotatable bonds is 0. The van der Waals surface area contributed by atoms with Gasteiger partial charge < -0.3 is 16.6 Å². The number of phenols is 1. The van der Waals surface area contributed by atoms with Crippen LogP contribution in [0.1, 0.15) is 13.8 Å². The van der Waals surface area contributed by atoms with E-state index in [-0.39, 0.29) is 5.75 Å². The number of hydrogen-bond acceptors (Lipinski definition) is 5. The maximum atomic E-state index is 8.80. The van der Waals surface area contributed by atoms with Crippen LogP contribution in [0.5, 0.6) is 5.75 Å². The molecule has 0 radical (unpaired) electrons. The van der Waals surface area contributed by atoms with E-state index in [1.165, 1.54) is 12.1 Å². The van der Waals surface area contributed by atoms with Gasteiger partial charge in [0.15, 0.2) is 0 Å². The van der Waals surface area contributed by atoms with Gasteiger partial charge in [-0.25, -0.2) is 0 Å². The van der Waals surface area contributed by atoms with Gasteiger partial charge in [0.25, 0.3) is 0 Å². The second-order valence-corrected chi connectivity index (χ2v) is 3.16. The topological polar surface area (TPSA) is 147 Å². The van der Waals surface area contributed by atoms with E-state index in [9.17, 15) is 0 Å². The number of aromatic hydroxyl groups is 1. The molecule has 0 aliphatic heterocycles. The molecule has 8 heteroatoms. The molecule has 0 spiro atoms. The summed E-state index contributed by atoms with van der Waals surface area (Å²) >= 11 is 0. The Morgan fingerprint density at radius 1 is 1.06 bits per heavy atom. The first-order valence-corrected chi connectivity index (χ1v) is 5.63.